The lowest BCUT2D eigenvalue weighted by atomic mass is 9.84. The molecular formula is C28H33NO4. The summed E-state index contributed by atoms with van der Waals surface area (Å²) < 4.78 is 11.0. The number of hydrogen-bond donors (Lipinski definition) is 2. The summed E-state index contributed by atoms with van der Waals surface area (Å²) in [6.45, 7) is 3.13. The second kappa shape index (κ2) is 10.9. The lowest BCUT2D eigenvalue weighted by Crippen LogP contribution is -2.43. The Morgan fingerprint density at radius 3 is 2.12 bits per heavy atom. The van der Waals surface area contributed by atoms with Crippen LogP contribution in [0.1, 0.15) is 41.2 Å². The molecule has 3 aromatic rings. The monoisotopic (exact) mass is 447 g/mol. The van der Waals surface area contributed by atoms with Crippen LogP contribution in [-0.4, -0.2) is 41.9 Å². The van der Waals surface area contributed by atoms with Gasteiger partial charge in [0.2, 0.25) is 0 Å². The highest BCUT2D eigenvalue weighted by Crippen LogP contribution is 2.33. The third kappa shape index (κ3) is 6.21. The third-order valence-corrected chi connectivity index (χ3v) is 6.43. The molecule has 0 amide bonds. The highest BCUT2D eigenvalue weighted by molar-refractivity contribution is 5.30. The van der Waals surface area contributed by atoms with E-state index in [1.807, 2.05) is 78.9 Å². The normalized spacial score (nSPS) is 16.9. The van der Waals surface area contributed by atoms with Crippen molar-refractivity contribution < 1.29 is 19.7 Å². The summed E-state index contributed by atoms with van der Waals surface area (Å²) in [5.74, 6) is 0.786. The van der Waals surface area contributed by atoms with Crippen molar-refractivity contribution in [2.75, 3.05) is 26.7 Å². The predicted molar refractivity (Wildman–Crippen MR) is 129 cm³/mol. The van der Waals surface area contributed by atoms with E-state index in [0.717, 1.165) is 41.1 Å². The quantitative estimate of drug-likeness (QED) is 0.508. The molecule has 174 valence electrons. The zero-order valence-corrected chi connectivity index (χ0v) is 19.2. The van der Waals surface area contributed by atoms with Crippen LogP contribution in [0.5, 0.6) is 5.75 Å². The number of β-amino-alcohol motifs (C(OH)–C–C–N with tert-alkyl or cyclic N) is 1. The number of hydrogen-bond acceptors (Lipinski definition) is 5. The summed E-state index contributed by atoms with van der Waals surface area (Å²) in [7, 11) is 1.68. The SMILES string of the molecule is COCc1ccc(C2(O)CCN(CC(O)c3ccc(OCc4ccccc4)cc3)CC2)cc1. The largest absolute Gasteiger partial charge is 0.489 e. The van der Waals surface area contributed by atoms with Crippen LogP contribution in [0.4, 0.5) is 0 Å². The van der Waals surface area contributed by atoms with Crippen molar-refractivity contribution in [3.05, 3.63) is 101 Å². The number of rotatable bonds is 9. The van der Waals surface area contributed by atoms with Crippen LogP contribution in [0.3, 0.4) is 0 Å². The molecule has 1 aliphatic heterocycles. The minimum absolute atomic E-state index is 0.522. The minimum atomic E-state index is -0.815. The summed E-state index contributed by atoms with van der Waals surface area (Å²) in [5.41, 5.74) is 3.23. The minimum Gasteiger partial charge on any atom is -0.489 e. The molecule has 0 aliphatic carbocycles. The lowest BCUT2D eigenvalue weighted by Gasteiger charge is -2.39. The molecular weight excluding hydrogens is 414 g/mol. The summed E-state index contributed by atoms with van der Waals surface area (Å²) in [4.78, 5) is 2.22. The Labute approximate surface area is 196 Å². The van der Waals surface area contributed by atoms with E-state index in [1.165, 1.54) is 0 Å². The van der Waals surface area contributed by atoms with Gasteiger partial charge in [-0.25, -0.2) is 0 Å². The molecule has 1 heterocycles. The molecule has 1 unspecified atom stereocenters. The molecule has 3 aromatic carbocycles. The van der Waals surface area contributed by atoms with Crippen LogP contribution in [0.15, 0.2) is 78.9 Å². The van der Waals surface area contributed by atoms with E-state index >= 15 is 0 Å². The maximum Gasteiger partial charge on any atom is 0.119 e. The number of piperidine rings is 1. The van der Waals surface area contributed by atoms with Gasteiger partial charge in [0.25, 0.3) is 0 Å². The highest BCUT2D eigenvalue weighted by Gasteiger charge is 2.34. The van der Waals surface area contributed by atoms with Crippen molar-refractivity contribution in [2.24, 2.45) is 0 Å². The van der Waals surface area contributed by atoms with Gasteiger partial charge in [-0.1, -0.05) is 66.7 Å². The topological polar surface area (TPSA) is 62.2 Å². The fraction of sp³-hybridized carbons (Fsp3) is 0.357. The predicted octanol–water partition coefficient (Wildman–Crippen LogP) is 4.43. The first kappa shape index (κ1) is 23.5. The zero-order valence-electron chi connectivity index (χ0n) is 19.2. The molecule has 5 nitrogen and oxygen atoms in total. The Kier molecular flexibility index (Phi) is 7.78. The molecule has 1 atom stereocenters. The third-order valence-electron chi connectivity index (χ3n) is 6.43. The van der Waals surface area contributed by atoms with Crippen molar-refractivity contribution in [2.45, 2.75) is 37.8 Å². The van der Waals surface area contributed by atoms with Crippen LogP contribution in [0.2, 0.25) is 0 Å². The average Bonchev–Trinajstić information content (AvgIpc) is 2.86. The average molecular weight is 448 g/mol. The van der Waals surface area contributed by atoms with Gasteiger partial charge in [0.1, 0.15) is 12.4 Å². The van der Waals surface area contributed by atoms with Gasteiger partial charge in [-0.3, -0.25) is 0 Å². The van der Waals surface area contributed by atoms with Gasteiger partial charge in [-0.15, -0.1) is 0 Å². The maximum atomic E-state index is 11.2. The van der Waals surface area contributed by atoms with Crippen molar-refractivity contribution in [1.29, 1.82) is 0 Å². The molecule has 0 bridgehead atoms. The van der Waals surface area contributed by atoms with Gasteiger partial charge < -0.3 is 24.6 Å². The van der Waals surface area contributed by atoms with Crippen molar-refractivity contribution in [1.82, 2.24) is 4.90 Å². The number of nitrogens with zero attached hydrogens (tertiary/aromatic N) is 1. The van der Waals surface area contributed by atoms with E-state index in [0.29, 0.717) is 32.6 Å². The number of methoxy groups -OCH3 is 1. The molecule has 1 fully saturated rings. The Balaban J connectivity index is 1.26. The van der Waals surface area contributed by atoms with E-state index in [-0.39, 0.29) is 0 Å². The van der Waals surface area contributed by atoms with E-state index in [2.05, 4.69) is 4.90 Å². The molecule has 0 saturated carbocycles. The summed E-state index contributed by atoms with van der Waals surface area (Å²) in [6, 6.07) is 25.7. The molecule has 4 rings (SSSR count). The van der Waals surface area contributed by atoms with E-state index in [9.17, 15) is 10.2 Å². The van der Waals surface area contributed by atoms with Crippen LogP contribution < -0.4 is 4.74 Å². The van der Waals surface area contributed by atoms with E-state index in [1.54, 1.807) is 7.11 Å². The van der Waals surface area contributed by atoms with Gasteiger partial charge in [-0.05, 0) is 47.2 Å². The molecule has 0 spiro atoms. The van der Waals surface area contributed by atoms with Crippen molar-refractivity contribution in [3.8, 4) is 5.75 Å². The number of aliphatic hydroxyl groups excluding tert-OH is 1. The first-order valence-corrected chi connectivity index (χ1v) is 11.5. The van der Waals surface area contributed by atoms with Crippen LogP contribution in [-0.2, 0) is 23.6 Å². The van der Waals surface area contributed by atoms with Crippen LogP contribution in [0.25, 0.3) is 0 Å². The standard InChI is InChI=1S/C28H33NO4/c1-32-20-23-7-11-25(12-8-23)28(31)15-17-29(18-16-28)19-27(30)24-9-13-26(14-10-24)33-21-22-5-3-2-4-6-22/h2-14,27,30-31H,15-21H2,1H3. The van der Waals surface area contributed by atoms with Gasteiger partial charge in [0.05, 0.1) is 18.3 Å². The van der Waals surface area contributed by atoms with Gasteiger partial charge >= 0.3 is 0 Å². The molecule has 0 radical (unpaired) electrons. The molecule has 5 heteroatoms. The first-order valence-electron chi connectivity index (χ1n) is 11.5. The summed E-state index contributed by atoms with van der Waals surface area (Å²) >= 11 is 0. The Morgan fingerprint density at radius 1 is 0.848 bits per heavy atom. The number of benzene rings is 3. The van der Waals surface area contributed by atoms with E-state index in [4.69, 9.17) is 9.47 Å². The highest BCUT2D eigenvalue weighted by atomic mass is 16.5. The number of likely N-dealkylation sites (tertiary alicyclic amines) is 1. The fourth-order valence-corrected chi connectivity index (χ4v) is 4.35. The number of aliphatic hydroxyl groups is 2. The van der Waals surface area contributed by atoms with Gasteiger partial charge in [-0.2, -0.15) is 0 Å². The smallest absolute Gasteiger partial charge is 0.119 e. The van der Waals surface area contributed by atoms with Crippen molar-refractivity contribution >= 4 is 0 Å². The fourth-order valence-electron chi connectivity index (χ4n) is 4.35. The van der Waals surface area contributed by atoms with Gasteiger partial charge in [0, 0.05) is 26.7 Å². The molecule has 2 N–H and O–H groups in total. The second-order valence-corrected chi connectivity index (χ2v) is 8.82. The van der Waals surface area contributed by atoms with Crippen LogP contribution in [0, 0.1) is 0 Å². The summed E-state index contributed by atoms with van der Waals surface area (Å²) in [6.07, 6.45) is 0.721. The van der Waals surface area contributed by atoms with Crippen molar-refractivity contribution in [3.63, 3.8) is 0 Å². The Bertz CT molecular complexity index is 981. The zero-order chi connectivity index (χ0) is 23.1. The maximum absolute atomic E-state index is 11.2. The van der Waals surface area contributed by atoms with Gasteiger partial charge in [0.15, 0.2) is 0 Å². The summed E-state index contributed by atoms with van der Waals surface area (Å²) in [5, 5.41) is 21.9. The molecule has 1 saturated heterocycles. The molecule has 1 aliphatic rings. The molecule has 33 heavy (non-hydrogen) atoms. The van der Waals surface area contributed by atoms with Crippen LogP contribution >= 0.6 is 0 Å². The van der Waals surface area contributed by atoms with E-state index < -0.39 is 11.7 Å². The second-order valence-electron chi connectivity index (χ2n) is 8.82. The Morgan fingerprint density at radius 2 is 1.48 bits per heavy atom. The Hall–Kier alpha value is -2.70. The molecule has 0 aromatic heterocycles. The lowest BCUT2D eigenvalue weighted by molar-refractivity contribution is -0.0345. The first-order chi connectivity index (χ1) is 16.1. The number of ether oxygens (including phenoxy) is 2.